The number of nitrogens with zero attached hydrogens (tertiary/aromatic N) is 2. The van der Waals surface area contributed by atoms with Crippen molar-refractivity contribution in [2.45, 2.75) is 38.5 Å². The average molecular weight is 302 g/mol. The lowest BCUT2D eigenvalue weighted by Gasteiger charge is -2.42. The van der Waals surface area contributed by atoms with E-state index in [9.17, 15) is 5.11 Å². The molecule has 118 valence electrons. The molecule has 3 rings (SSSR count). The summed E-state index contributed by atoms with van der Waals surface area (Å²) in [7, 11) is 0. The quantitative estimate of drug-likeness (QED) is 0.939. The van der Waals surface area contributed by atoms with E-state index in [1.807, 2.05) is 50.2 Å². The molecule has 2 heterocycles. The standard InChI is InChI=1S/C17H22N2O3/c1-13-10-14(18-22-13)11-19-9-8-17(2,20)16(12-19)21-15-6-4-3-5-7-15/h3-7,10,16,20H,8-9,11-12H2,1-2H3/t16-,17-/m1/s1. The van der Waals surface area contributed by atoms with Crippen molar-refractivity contribution >= 4 is 0 Å². The van der Waals surface area contributed by atoms with Gasteiger partial charge in [0, 0.05) is 25.7 Å². The molecule has 1 aromatic heterocycles. The third kappa shape index (κ3) is 3.48. The number of benzene rings is 1. The van der Waals surface area contributed by atoms with Crippen molar-refractivity contribution in [3.05, 3.63) is 47.9 Å². The predicted octanol–water partition coefficient (Wildman–Crippen LogP) is 2.39. The van der Waals surface area contributed by atoms with Crippen LogP contribution in [0, 0.1) is 6.92 Å². The summed E-state index contributed by atoms with van der Waals surface area (Å²) in [6, 6.07) is 11.6. The monoisotopic (exact) mass is 302 g/mol. The fraction of sp³-hybridized carbons (Fsp3) is 0.471. The molecule has 0 aliphatic carbocycles. The topological polar surface area (TPSA) is 58.7 Å². The van der Waals surface area contributed by atoms with Gasteiger partial charge in [-0.2, -0.15) is 0 Å². The van der Waals surface area contributed by atoms with Gasteiger partial charge in [-0.1, -0.05) is 23.4 Å². The summed E-state index contributed by atoms with van der Waals surface area (Å²) < 4.78 is 11.1. The highest BCUT2D eigenvalue weighted by atomic mass is 16.5. The summed E-state index contributed by atoms with van der Waals surface area (Å²) in [6.07, 6.45) is 0.401. The van der Waals surface area contributed by atoms with Crippen LogP contribution < -0.4 is 4.74 Å². The van der Waals surface area contributed by atoms with Crippen molar-refractivity contribution in [1.29, 1.82) is 0 Å². The lowest BCUT2D eigenvalue weighted by atomic mass is 9.90. The van der Waals surface area contributed by atoms with Crippen molar-refractivity contribution in [2.24, 2.45) is 0 Å². The smallest absolute Gasteiger partial charge is 0.140 e. The van der Waals surface area contributed by atoms with Gasteiger partial charge in [0.1, 0.15) is 23.2 Å². The van der Waals surface area contributed by atoms with Crippen LogP contribution in [0.3, 0.4) is 0 Å². The van der Waals surface area contributed by atoms with E-state index < -0.39 is 5.60 Å². The van der Waals surface area contributed by atoms with Crippen LogP contribution in [0.4, 0.5) is 0 Å². The second-order valence-electron chi connectivity index (χ2n) is 6.19. The number of aliphatic hydroxyl groups is 1. The van der Waals surface area contributed by atoms with E-state index in [2.05, 4.69) is 10.1 Å². The molecule has 1 aliphatic heterocycles. The Morgan fingerprint density at radius 3 is 2.86 bits per heavy atom. The molecule has 1 aliphatic rings. The Kier molecular flexibility index (Phi) is 4.18. The summed E-state index contributed by atoms with van der Waals surface area (Å²) in [5.74, 6) is 1.60. The second kappa shape index (κ2) is 6.10. The lowest BCUT2D eigenvalue weighted by Crippen LogP contribution is -2.56. The van der Waals surface area contributed by atoms with Crippen molar-refractivity contribution in [1.82, 2.24) is 10.1 Å². The largest absolute Gasteiger partial charge is 0.486 e. The summed E-state index contributed by atoms with van der Waals surface area (Å²) in [5.41, 5.74) is 0.0871. The van der Waals surface area contributed by atoms with Crippen LogP contribution in [0.15, 0.2) is 40.9 Å². The van der Waals surface area contributed by atoms with Gasteiger partial charge in [-0.3, -0.25) is 4.90 Å². The highest BCUT2D eigenvalue weighted by molar-refractivity contribution is 5.22. The molecule has 0 saturated carbocycles. The number of rotatable bonds is 4. The van der Waals surface area contributed by atoms with Crippen molar-refractivity contribution in [3.63, 3.8) is 0 Å². The van der Waals surface area contributed by atoms with Crippen LogP contribution in [-0.4, -0.2) is 40.0 Å². The zero-order valence-corrected chi connectivity index (χ0v) is 13.0. The van der Waals surface area contributed by atoms with E-state index in [0.29, 0.717) is 19.5 Å². The minimum atomic E-state index is -0.827. The SMILES string of the molecule is Cc1cc(CN2CC[C@@](C)(O)[C@H](Oc3ccccc3)C2)no1. The van der Waals surface area contributed by atoms with Gasteiger partial charge >= 0.3 is 0 Å². The zero-order valence-electron chi connectivity index (χ0n) is 13.0. The van der Waals surface area contributed by atoms with Crippen molar-refractivity contribution in [2.75, 3.05) is 13.1 Å². The number of hydrogen-bond acceptors (Lipinski definition) is 5. The van der Waals surface area contributed by atoms with Gasteiger partial charge in [-0.05, 0) is 32.4 Å². The summed E-state index contributed by atoms with van der Waals surface area (Å²) >= 11 is 0. The van der Waals surface area contributed by atoms with Gasteiger partial charge in [-0.15, -0.1) is 0 Å². The van der Waals surface area contributed by atoms with Gasteiger partial charge in [-0.25, -0.2) is 0 Å². The molecule has 0 amide bonds. The Hall–Kier alpha value is -1.85. The van der Waals surface area contributed by atoms with Crippen LogP contribution in [0.2, 0.25) is 0 Å². The molecule has 5 nitrogen and oxygen atoms in total. The molecular weight excluding hydrogens is 280 g/mol. The van der Waals surface area contributed by atoms with E-state index in [0.717, 1.165) is 23.7 Å². The van der Waals surface area contributed by atoms with Gasteiger partial charge in [0.2, 0.25) is 0 Å². The molecular formula is C17H22N2O3. The summed E-state index contributed by atoms with van der Waals surface area (Å²) in [4.78, 5) is 2.24. The third-order valence-corrected chi connectivity index (χ3v) is 4.14. The normalized spacial score (nSPS) is 26.0. The van der Waals surface area contributed by atoms with Gasteiger partial charge in [0.25, 0.3) is 0 Å². The van der Waals surface area contributed by atoms with Crippen LogP contribution in [0.5, 0.6) is 5.75 Å². The Bertz CT molecular complexity index is 609. The van der Waals surface area contributed by atoms with E-state index >= 15 is 0 Å². The zero-order chi connectivity index (χ0) is 15.6. The number of para-hydroxylation sites is 1. The Morgan fingerprint density at radius 1 is 1.41 bits per heavy atom. The van der Waals surface area contributed by atoms with Crippen LogP contribution in [0.1, 0.15) is 24.8 Å². The maximum absolute atomic E-state index is 10.6. The first kappa shape index (κ1) is 15.1. The fourth-order valence-corrected chi connectivity index (χ4v) is 2.76. The van der Waals surface area contributed by atoms with Gasteiger partial charge < -0.3 is 14.4 Å². The van der Waals surface area contributed by atoms with Crippen LogP contribution >= 0.6 is 0 Å². The molecule has 1 N–H and O–H groups in total. The Labute approximate surface area is 130 Å². The number of aryl methyl sites for hydroxylation is 1. The van der Waals surface area contributed by atoms with Crippen molar-refractivity contribution in [3.8, 4) is 5.75 Å². The van der Waals surface area contributed by atoms with E-state index in [1.54, 1.807) is 0 Å². The molecule has 1 fully saturated rings. The minimum absolute atomic E-state index is 0.267. The molecule has 1 saturated heterocycles. The molecule has 1 aromatic carbocycles. The molecule has 0 unspecified atom stereocenters. The summed E-state index contributed by atoms with van der Waals surface area (Å²) in [5, 5.41) is 14.6. The van der Waals surface area contributed by atoms with Gasteiger partial charge in [0.05, 0.1) is 5.69 Å². The van der Waals surface area contributed by atoms with Crippen molar-refractivity contribution < 1.29 is 14.4 Å². The molecule has 5 heteroatoms. The lowest BCUT2D eigenvalue weighted by molar-refractivity contribution is -0.0967. The first-order valence-corrected chi connectivity index (χ1v) is 7.61. The van der Waals surface area contributed by atoms with Gasteiger partial charge in [0.15, 0.2) is 0 Å². The van der Waals surface area contributed by atoms with E-state index in [-0.39, 0.29) is 6.10 Å². The molecule has 22 heavy (non-hydrogen) atoms. The van der Waals surface area contributed by atoms with Crippen LogP contribution in [-0.2, 0) is 6.54 Å². The minimum Gasteiger partial charge on any atom is -0.486 e. The first-order chi connectivity index (χ1) is 10.5. The van der Waals surface area contributed by atoms with E-state index in [4.69, 9.17) is 9.26 Å². The highest BCUT2D eigenvalue weighted by Gasteiger charge is 2.39. The second-order valence-corrected chi connectivity index (χ2v) is 6.19. The number of hydrogen-bond donors (Lipinski definition) is 1. The predicted molar refractivity (Wildman–Crippen MR) is 82.6 cm³/mol. The number of aromatic nitrogens is 1. The molecule has 2 aromatic rings. The maximum atomic E-state index is 10.6. The Morgan fingerprint density at radius 2 is 2.18 bits per heavy atom. The number of piperidine rings is 1. The molecule has 0 radical (unpaired) electrons. The maximum Gasteiger partial charge on any atom is 0.140 e. The summed E-state index contributed by atoms with van der Waals surface area (Å²) in [6.45, 7) is 5.92. The van der Waals surface area contributed by atoms with Crippen LogP contribution in [0.25, 0.3) is 0 Å². The average Bonchev–Trinajstić information content (AvgIpc) is 2.89. The Balaban J connectivity index is 1.67. The fourth-order valence-electron chi connectivity index (χ4n) is 2.76. The number of likely N-dealkylation sites (tertiary alicyclic amines) is 1. The molecule has 2 atom stereocenters. The third-order valence-electron chi connectivity index (χ3n) is 4.14. The molecule has 0 spiro atoms. The highest BCUT2D eigenvalue weighted by Crippen LogP contribution is 2.27. The van der Waals surface area contributed by atoms with E-state index in [1.165, 1.54) is 0 Å². The molecule has 0 bridgehead atoms. The number of ether oxygens (including phenoxy) is 1. The first-order valence-electron chi connectivity index (χ1n) is 7.61.